The molecule has 82 valence electrons. The van der Waals surface area contributed by atoms with Gasteiger partial charge in [0.2, 0.25) is 0 Å². The van der Waals surface area contributed by atoms with E-state index in [-0.39, 0.29) is 0 Å². The summed E-state index contributed by atoms with van der Waals surface area (Å²) in [7, 11) is -3.07. The molecule has 0 bridgehead atoms. The lowest BCUT2D eigenvalue weighted by Crippen LogP contribution is -2.03. The first-order valence-corrected chi connectivity index (χ1v) is 6.99. The second-order valence-electron chi connectivity index (χ2n) is 4.12. The molecular weight excluding hydrogens is 210 g/mol. The third kappa shape index (κ3) is 2.96. The van der Waals surface area contributed by atoms with E-state index in [0.717, 1.165) is 18.2 Å². The SMILES string of the molecule is CS(=O)(=O)c1ccc(NCC2CC2)cc1. The molecule has 0 radical (unpaired) electrons. The van der Waals surface area contributed by atoms with E-state index in [2.05, 4.69) is 5.32 Å². The van der Waals surface area contributed by atoms with Gasteiger partial charge in [0.25, 0.3) is 0 Å². The summed E-state index contributed by atoms with van der Waals surface area (Å²) in [5, 5.41) is 3.29. The van der Waals surface area contributed by atoms with Crippen LogP contribution in [0, 0.1) is 5.92 Å². The number of nitrogens with one attached hydrogen (secondary N) is 1. The van der Waals surface area contributed by atoms with Crippen LogP contribution in [0.2, 0.25) is 0 Å². The molecule has 1 saturated carbocycles. The third-order valence-corrected chi connectivity index (χ3v) is 3.70. The molecule has 1 aromatic rings. The van der Waals surface area contributed by atoms with Crippen LogP contribution in [0.4, 0.5) is 5.69 Å². The first-order valence-electron chi connectivity index (χ1n) is 5.10. The third-order valence-electron chi connectivity index (χ3n) is 2.57. The highest BCUT2D eigenvalue weighted by Crippen LogP contribution is 2.29. The van der Waals surface area contributed by atoms with Crippen molar-refractivity contribution in [2.24, 2.45) is 5.92 Å². The number of hydrogen-bond donors (Lipinski definition) is 1. The lowest BCUT2D eigenvalue weighted by molar-refractivity contribution is 0.602. The van der Waals surface area contributed by atoms with Crippen LogP contribution >= 0.6 is 0 Å². The summed E-state index contributed by atoms with van der Waals surface area (Å²) >= 11 is 0. The molecule has 0 heterocycles. The molecule has 0 saturated heterocycles. The minimum absolute atomic E-state index is 0.375. The van der Waals surface area contributed by atoms with Crippen molar-refractivity contribution in [1.82, 2.24) is 0 Å². The largest absolute Gasteiger partial charge is 0.385 e. The minimum atomic E-state index is -3.07. The monoisotopic (exact) mass is 225 g/mol. The standard InChI is InChI=1S/C11H15NO2S/c1-15(13,14)11-6-4-10(5-7-11)12-8-9-2-3-9/h4-7,9,12H,2-3,8H2,1H3. The maximum atomic E-state index is 11.2. The van der Waals surface area contributed by atoms with Crippen LogP contribution in [0.25, 0.3) is 0 Å². The first-order chi connectivity index (χ1) is 7.05. The van der Waals surface area contributed by atoms with Crippen molar-refractivity contribution in [3.63, 3.8) is 0 Å². The van der Waals surface area contributed by atoms with Crippen molar-refractivity contribution in [1.29, 1.82) is 0 Å². The van der Waals surface area contributed by atoms with Gasteiger partial charge in [-0.1, -0.05) is 0 Å². The molecule has 1 aliphatic rings. The number of benzene rings is 1. The molecule has 2 rings (SSSR count). The Morgan fingerprint density at radius 2 is 1.87 bits per heavy atom. The molecule has 1 aromatic carbocycles. The summed E-state index contributed by atoms with van der Waals surface area (Å²) in [4.78, 5) is 0.375. The molecule has 1 N–H and O–H groups in total. The normalized spacial score (nSPS) is 16.3. The van der Waals surface area contributed by atoms with Crippen LogP contribution in [0.1, 0.15) is 12.8 Å². The summed E-state index contributed by atoms with van der Waals surface area (Å²) in [6.07, 6.45) is 3.85. The lowest BCUT2D eigenvalue weighted by atomic mass is 10.3. The van der Waals surface area contributed by atoms with Gasteiger partial charge < -0.3 is 5.32 Å². The van der Waals surface area contributed by atoms with E-state index in [4.69, 9.17) is 0 Å². The van der Waals surface area contributed by atoms with Gasteiger partial charge in [0.05, 0.1) is 4.90 Å². The Hall–Kier alpha value is -1.03. The quantitative estimate of drug-likeness (QED) is 0.851. The molecule has 0 unspecified atom stereocenters. The molecule has 0 spiro atoms. The first kappa shape index (κ1) is 10.5. The number of hydrogen-bond acceptors (Lipinski definition) is 3. The molecule has 1 aliphatic carbocycles. The number of anilines is 1. The average molecular weight is 225 g/mol. The Bertz CT molecular complexity index is 432. The van der Waals surface area contributed by atoms with Crippen molar-refractivity contribution in [2.45, 2.75) is 17.7 Å². The maximum absolute atomic E-state index is 11.2. The second-order valence-corrected chi connectivity index (χ2v) is 6.14. The Balaban J connectivity index is 2.02. The highest BCUT2D eigenvalue weighted by molar-refractivity contribution is 7.90. The van der Waals surface area contributed by atoms with Crippen molar-refractivity contribution in [3.05, 3.63) is 24.3 Å². The van der Waals surface area contributed by atoms with Gasteiger partial charge in [-0.2, -0.15) is 0 Å². The number of sulfone groups is 1. The van der Waals surface area contributed by atoms with Gasteiger partial charge in [0, 0.05) is 18.5 Å². The van der Waals surface area contributed by atoms with Crippen molar-refractivity contribution >= 4 is 15.5 Å². The van der Waals surface area contributed by atoms with Gasteiger partial charge in [0.1, 0.15) is 0 Å². The van der Waals surface area contributed by atoms with E-state index >= 15 is 0 Å². The Morgan fingerprint density at radius 1 is 1.27 bits per heavy atom. The van der Waals surface area contributed by atoms with Gasteiger partial charge in [0.15, 0.2) is 9.84 Å². The van der Waals surface area contributed by atoms with Crippen molar-refractivity contribution < 1.29 is 8.42 Å². The smallest absolute Gasteiger partial charge is 0.175 e. The second kappa shape index (κ2) is 3.85. The average Bonchev–Trinajstić information content (AvgIpc) is 2.97. The fraction of sp³-hybridized carbons (Fsp3) is 0.455. The Morgan fingerprint density at radius 3 is 2.33 bits per heavy atom. The van der Waals surface area contributed by atoms with Gasteiger partial charge >= 0.3 is 0 Å². The minimum Gasteiger partial charge on any atom is -0.385 e. The lowest BCUT2D eigenvalue weighted by Gasteiger charge is -2.05. The zero-order chi connectivity index (χ0) is 10.9. The predicted molar refractivity (Wildman–Crippen MR) is 60.8 cm³/mol. The highest BCUT2D eigenvalue weighted by atomic mass is 32.2. The molecule has 3 nitrogen and oxygen atoms in total. The van der Waals surface area contributed by atoms with Gasteiger partial charge in [-0.05, 0) is 43.0 Å². The van der Waals surface area contributed by atoms with Gasteiger partial charge in [-0.15, -0.1) is 0 Å². The van der Waals surface area contributed by atoms with Crippen LogP contribution < -0.4 is 5.32 Å². The van der Waals surface area contributed by atoms with E-state index in [1.54, 1.807) is 12.1 Å². The molecule has 15 heavy (non-hydrogen) atoms. The van der Waals surface area contributed by atoms with E-state index in [1.165, 1.54) is 19.1 Å². The molecule has 4 heteroatoms. The van der Waals surface area contributed by atoms with Crippen LogP contribution in [0.3, 0.4) is 0 Å². The molecule has 0 aliphatic heterocycles. The van der Waals surface area contributed by atoms with E-state index in [9.17, 15) is 8.42 Å². The van der Waals surface area contributed by atoms with E-state index in [1.807, 2.05) is 12.1 Å². The fourth-order valence-electron chi connectivity index (χ4n) is 1.40. The molecule has 1 fully saturated rings. The van der Waals surface area contributed by atoms with E-state index < -0.39 is 9.84 Å². The summed E-state index contributed by atoms with van der Waals surface area (Å²) < 4.78 is 22.4. The van der Waals surface area contributed by atoms with E-state index in [0.29, 0.717) is 4.90 Å². The van der Waals surface area contributed by atoms with Crippen LogP contribution in [0.5, 0.6) is 0 Å². The molecule has 0 aromatic heterocycles. The summed E-state index contributed by atoms with van der Waals surface area (Å²) in [6.45, 7) is 0.998. The highest BCUT2D eigenvalue weighted by Gasteiger charge is 2.20. The molecule has 0 amide bonds. The predicted octanol–water partition coefficient (Wildman–Crippen LogP) is 1.91. The summed E-state index contributed by atoms with van der Waals surface area (Å²) in [5.74, 6) is 0.819. The zero-order valence-corrected chi connectivity index (χ0v) is 9.55. The number of rotatable bonds is 4. The van der Waals surface area contributed by atoms with Gasteiger partial charge in [-0.3, -0.25) is 0 Å². The maximum Gasteiger partial charge on any atom is 0.175 e. The van der Waals surface area contributed by atoms with Crippen molar-refractivity contribution in [3.8, 4) is 0 Å². The zero-order valence-electron chi connectivity index (χ0n) is 8.73. The Kier molecular flexibility index (Phi) is 2.69. The van der Waals surface area contributed by atoms with Crippen LogP contribution in [-0.2, 0) is 9.84 Å². The topological polar surface area (TPSA) is 46.2 Å². The molecule has 0 atom stereocenters. The fourth-order valence-corrected chi connectivity index (χ4v) is 2.03. The van der Waals surface area contributed by atoms with Crippen LogP contribution in [0.15, 0.2) is 29.2 Å². The summed E-state index contributed by atoms with van der Waals surface area (Å²) in [5.41, 5.74) is 0.995. The van der Waals surface area contributed by atoms with Crippen LogP contribution in [-0.4, -0.2) is 21.2 Å². The Labute approximate surface area is 90.4 Å². The summed E-state index contributed by atoms with van der Waals surface area (Å²) in [6, 6.07) is 6.92. The van der Waals surface area contributed by atoms with Gasteiger partial charge in [-0.25, -0.2) is 8.42 Å². The van der Waals surface area contributed by atoms with Crippen molar-refractivity contribution in [2.75, 3.05) is 18.1 Å². The molecular formula is C11H15NO2S.